The highest BCUT2D eigenvalue weighted by Gasteiger charge is 2.42. The first-order valence-electron chi connectivity index (χ1n) is 9.36. The molecule has 0 fully saturated rings. The van der Waals surface area contributed by atoms with Gasteiger partial charge in [-0.3, -0.25) is 9.97 Å². The van der Waals surface area contributed by atoms with Crippen LogP contribution >= 0.6 is 0 Å². The number of fused-ring (bicyclic) bond motifs is 4. The number of nitrogens with zero attached hydrogens (tertiary/aromatic N) is 4. The predicted octanol–water partition coefficient (Wildman–Crippen LogP) is 2.56. The molecule has 5 heteroatoms. The van der Waals surface area contributed by atoms with E-state index in [1.165, 1.54) is 16.6 Å². The van der Waals surface area contributed by atoms with Crippen LogP contribution in [0.2, 0.25) is 0 Å². The molecule has 4 heterocycles. The zero-order valence-corrected chi connectivity index (χ0v) is 15.4. The Morgan fingerprint density at radius 2 is 2.19 bits per heavy atom. The molecule has 134 valence electrons. The number of aromatic nitrogens is 3. The highest BCUT2D eigenvalue weighted by Crippen LogP contribution is 2.41. The maximum Gasteiger partial charge on any atom is 0.112 e. The molecule has 0 amide bonds. The number of pyridine rings is 2. The molecule has 0 spiro atoms. The molecular weight excluding hydrogens is 324 g/mol. The van der Waals surface area contributed by atoms with Gasteiger partial charge in [-0.15, -0.1) is 0 Å². The van der Waals surface area contributed by atoms with Crippen LogP contribution in [0.15, 0.2) is 30.7 Å². The van der Waals surface area contributed by atoms with Gasteiger partial charge in [-0.25, -0.2) is 0 Å². The van der Waals surface area contributed by atoms with E-state index < -0.39 is 5.60 Å². The van der Waals surface area contributed by atoms with Crippen molar-refractivity contribution in [1.29, 1.82) is 0 Å². The van der Waals surface area contributed by atoms with Crippen molar-refractivity contribution in [3.8, 4) is 0 Å². The largest absolute Gasteiger partial charge is 0.383 e. The average molecular weight is 348 g/mol. The number of aliphatic hydroxyl groups is 1. The van der Waals surface area contributed by atoms with Crippen molar-refractivity contribution in [2.24, 2.45) is 0 Å². The Morgan fingerprint density at radius 1 is 1.31 bits per heavy atom. The van der Waals surface area contributed by atoms with Crippen molar-refractivity contribution in [2.75, 3.05) is 13.6 Å². The molecule has 26 heavy (non-hydrogen) atoms. The van der Waals surface area contributed by atoms with Crippen molar-refractivity contribution >= 4 is 10.9 Å². The highest BCUT2D eigenvalue weighted by atomic mass is 16.3. The summed E-state index contributed by atoms with van der Waals surface area (Å²) in [4.78, 5) is 11.1. The summed E-state index contributed by atoms with van der Waals surface area (Å²) in [7, 11) is 2.19. The van der Waals surface area contributed by atoms with E-state index >= 15 is 0 Å². The van der Waals surface area contributed by atoms with Gasteiger partial charge in [0.15, 0.2) is 0 Å². The summed E-state index contributed by atoms with van der Waals surface area (Å²) >= 11 is 0. The Bertz CT molecular complexity index is 1010. The molecule has 5 nitrogen and oxygen atoms in total. The summed E-state index contributed by atoms with van der Waals surface area (Å²) < 4.78 is 2.33. The first-order chi connectivity index (χ1) is 12.5. The lowest BCUT2D eigenvalue weighted by atomic mass is 9.74. The van der Waals surface area contributed by atoms with Crippen LogP contribution in [0, 0.1) is 6.92 Å². The molecule has 1 unspecified atom stereocenters. The Hall–Kier alpha value is -2.24. The van der Waals surface area contributed by atoms with Crippen molar-refractivity contribution in [1.82, 2.24) is 19.4 Å². The molecule has 0 radical (unpaired) electrons. The third-order valence-electron chi connectivity index (χ3n) is 6.00. The fourth-order valence-electron chi connectivity index (χ4n) is 4.71. The first kappa shape index (κ1) is 16.0. The maximum absolute atomic E-state index is 11.3. The van der Waals surface area contributed by atoms with Gasteiger partial charge >= 0.3 is 0 Å². The summed E-state index contributed by atoms with van der Waals surface area (Å²) in [5.41, 5.74) is 6.34. The molecule has 5 rings (SSSR count). The lowest BCUT2D eigenvalue weighted by Gasteiger charge is -2.40. The minimum absolute atomic E-state index is 0.588. The average Bonchev–Trinajstić information content (AvgIpc) is 2.75. The van der Waals surface area contributed by atoms with Crippen molar-refractivity contribution < 1.29 is 5.11 Å². The maximum atomic E-state index is 11.3. The van der Waals surface area contributed by atoms with Crippen molar-refractivity contribution in [2.45, 2.75) is 44.9 Å². The van der Waals surface area contributed by atoms with Gasteiger partial charge < -0.3 is 14.6 Å². The van der Waals surface area contributed by atoms with E-state index in [0.717, 1.165) is 48.3 Å². The quantitative estimate of drug-likeness (QED) is 0.773. The smallest absolute Gasteiger partial charge is 0.112 e. The number of rotatable bonds is 2. The molecule has 0 saturated carbocycles. The van der Waals surface area contributed by atoms with Crippen LogP contribution in [-0.4, -0.2) is 38.1 Å². The molecule has 0 bridgehead atoms. The molecular formula is C21H24N4O. The monoisotopic (exact) mass is 348 g/mol. The molecule has 2 aliphatic rings. The van der Waals surface area contributed by atoms with E-state index in [1.807, 2.05) is 25.4 Å². The van der Waals surface area contributed by atoms with Gasteiger partial charge in [-0.05, 0) is 62.2 Å². The summed E-state index contributed by atoms with van der Waals surface area (Å²) in [6.45, 7) is 4.71. The van der Waals surface area contributed by atoms with Gasteiger partial charge in [0.25, 0.3) is 0 Å². The van der Waals surface area contributed by atoms with Gasteiger partial charge in [0.2, 0.25) is 0 Å². The Labute approximate surface area is 153 Å². The lowest BCUT2D eigenvalue weighted by molar-refractivity contribution is -0.00456. The molecule has 1 atom stereocenters. The summed E-state index contributed by atoms with van der Waals surface area (Å²) in [5, 5.41) is 12.6. The third-order valence-corrected chi connectivity index (χ3v) is 6.00. The predicted molar refractivity (Wildman–Crippen MR) is 101 cm³/mol. The van der Waals surface area contributed by atoms with Gasteiger partial charge in [0.1, 0.15) is 5.60 Å². The zero-order chi connectivity index (χ0) is 17.9. The summed E-state index contributed by atoms with van der Waals surface area (Å²) in [5.74, 6) is 0. The fourth-order valence-corrected chi connectivity index (χ4v) is 4.71. The van der Waals surface area contributed by atoms with E-state index in [4.69, 9.17) is 0 Å². The van der Waals surface area contributed by atoms with Crippen molar-refractivity contribution in [3.05, 3.63) is 58.8 Å². The third kappa shape index (κ3) is 2.31. The molecule has 0 aromatic carbocycles. The van der Waals surface area contributed by atoms with Gasteiger partial charge in [-0.1, -0.05) is 0 Å². The Morgan fingerprint density at radius 3 is 3.04 bits per heavy atom. The summed E-state index contributed by atoms with van der Waals surface area (Å²) in [6.07, 6.45) is 8.49. The van der Waals surface area contributed by atoms with E-state index in [2.05, 4.69) is 32.5 Å². The van der Waals surface area contributed by atoms with E-state index in [0.29, 0.717) is 13.0 Å². The number of aryl methyl sites for hydroxylation is 1. The second-order valence-corrected chi connectivity index (χ2v) is 7.94. The van der Waals surface area contributed by atoms with Crippen LogP contribution in [-0.2, 0) is 31.5 Å². The molecule has 0 saturated heterocycles. The van der Waals surface area contributed by atoms with Gasteiger partial charge in [0.05, 0.1) is 18.3 Å². The second kappa shape index (κ2) is 5.63. The van der Waals surface area contributed by atoms with Crippen LogP contribution in [0.5, 0.6) is 0 Å². The van der Waals surface area contributed by atoms with E-state index in [1.54, 1.807) is 6.20 Å². The number of hydrogen-bond acceptors (Lipinski definition) is 4. The van der Waals surface area contributed by atoms with Crippen LogP contribution in [0.3, 0.4) is 0 Å². The molecule has 1 N–H and O–H groups in total. The Kier molecular flexibility index (Phi) is 3.46. The standard InChI is InChI=1S/C21H24N4O/c1-14-8-16-17-12-24(2)7-3-4-19(17)25(20(16)11-23-14)13-21(26)9-15-10-22-6-5-18(15)21/h5-6,8,10-11,26H,3-4,7,9,12-13H2,1-2H3. The SMILES string of the molecule is Cc1cc2c3c(n(CC4(O)Cc5cnccc54)c2cn1)CCCN(C)C3. The highest BCUT2D eigenvalue weighted by molar-refractivity contribution is 5.85. The molecule has 1 aliphatic carbocycles. The van der Waals surface area contributed by atoms with E-state index in [9.17, 15) is 5.11 Å². The second-order valence-electron chi connectivity index (χ2n) is 7.94. The lowest BCUT2D eigenvalue weighted by Crippen LogP contribution is -2.42. The fraction of sp³-hybridized carbons (Fsp3) is 0.429. The van der Waals surface area contributed by atoms with Gasteiger partial charge in [-0.2, -0.15) is 0 Å². The van der Waals surface area contributed by atoms with Crippen molar-refractivity contribution in [3.63, 3.8) is 0 Å². The molecule has 3 aromatic heterocycles. The van der Waals surface area contributed by atoms with Crippen LogP contribution in [0.4, 0.5) is 0 Å². The minimum Gasteiger partial charge on any atom is -0.383 e. The number of hydrogen-bond donors (Lipinski definition) is 1. The minimum atomic E-state index is -0.804. The molecule has 1 aliphatic heterocycles. The van der Waals surface area contributed by atoms with Crippen LogP contribution in [0.25, 0.3) is 10.9 Å². The zero-order valence-electron chi connectivity index (χ0n) is 15.4. The van der Waals surface area contributed by atoms with Crippen LogP contribution in [0.1, 0.15) is 34.5 Å². The first-order valence-corrected chi connectivity index (χ1v) is 9.36. The molecule has 3 aromatic rings. The summed E-state index contributed by atoms with van der Waals surface area (Å²) in [6, 6.07) is 4.16. The Balaban J connectivity index is 1.65. The normalized spacial score (nSPS) is 22.6. The van der Waals surface area contributed by atoms with Crippen LogP contribution < -0.4 is 0 Å². The van der Waals surface area contributed by atoms with E-state index in [-0.39, 0.29) is 0 Å². The van der Waals surface area contributed by atoms with Gasteiger partial charge in [0, 0.05) is 42.1 Å². The topological polar surface area (TPSA) is 54.2 Å².